The summed E-state index contributed by atoms with van der Waals surface area (Å²) >= 11 is 1.68. The van der Waals surface area contributed by atoms with Gasteiger partial charge in [-0.2, -0.15) is 26.3 Å². The van der Waals surface area contributed by atoms with Gasteiger partial charge in [0.2, 0.25) is 0 Å². The highest BCUT2D eigenvalue weighted by atomic mass is 32.2. The van der Waals surface area contributed by atoms with Crippen molar-refractivity contribution in [1.82, 2.24) is 24.5 Å². The lowest BCUT2D eigenvalue weighted by molar-refractivity contribution is -0.142. The Morgan fingerprint density at radius 1 is 0.839 bits per heavy atom. The highest BCUT2D eigenvalue weighted by molar-refractivity contribution is 7.98. The van der Waals surface area contributed by atoms with E-state index in [1.165, 1.54) is 24.6 Å². The van der Waals surface area contributed by atoms with E-state index in [2.05, 4.69) is 19.9 Å². The molecule has 3 rings (SSSR count). The Hall–Kier alpha value is -2.61. The number of hydrogen-bond donors (Lipinski definition) is 0. The lowest BCUT2D eigenvalue weighted by Crippen LogP contribution is -2.22. The third-order valence-electron chi connectivity index (χ3n) is 3.81. The summed E-state index contributed by atoms with van der Waals surface area (Å²) in [5, 5.41) is -0.445. The van der Waals surface area contributed by atoms with Gasteiger partial charge in [0.15, 0.2) is 16.0 Å². The molecule has 0 atom stereocenters. The minimum absolute atomic E-state index is 0.217. The SMILES string of the molecule is CSc1nc(-c2cccn(-c3cc(C(F)(F)F)nc(SC)n3)c2=O)cc(C(F)(F)F)n1. The van der Waals surface area contributed by atoms with Crippen molar-refractivity contribution in [2.45, 2.75) is 22.7 Å². The molecule has 0 saturated heterocycles. The smallest absolute Gasteiger partial charge is 0.268 e. The van der Waals surface area contributed by atoms with Crippen LogP contribution in [0.15, 0.2) is 45.6 Å². The Labute approximate surface area is 179 Å². The van der Waals surface area contributed by atoms with Gasteiger partial charge in [-0.3, -0.25) is 9.36 Å². The molecule has 31 heavy (non-hydrogen) atoms. The van der Waals surface area contributed by atoms with Gasteiger partial charge in [-0.25, -0.2) is 19.9 Å². The third kappa shape index (κ3) is 5.01. The number of alkyl halides is 6. The van der Waals surface area contributed by atoms with E-state index in [4.69, 9.17) is 0 Å². The van der Waals surface area contributed by atoms with Crippen molar-refractivity contribution in [2.75, 3.05) is 12.5 Å². The van der Waals surface area contributed by atoms with Crippen molar-refractivity contribution >= 4 is 23.5 Å². The Bertz CT molecular complexity index is 1090. The molecule has 0 N–H and O–H groups in total. The van der Waals surface area contributed by atoms with Crippen LogP contribution in [-0.2, 0) is 12.4 Å². The lowest BCUT2D eigenvalue weighted by atomic mass is 10.1. The molecular weight excluding hydrogens is 468 g/mol. The van der Waals surface area contributed by atoms with Crippen LogP contribution < -0.4 is 5.56 Å². The van der Waals surface area contributed by atoms with Crippen molar-refractivity contribution in [2.24, 2.45) is 0 Å². The van der Waals surface area contributed by atoms with Crippen LogP contribution in [0.1, 0.15) is 11.4 Å². The van der Waals surface area contributed by atoms with Gasteiger partial charge in [-0.05, 0) is 30.7 Å². The minimum Gasteiger partial charge on any atom is -0.268 e. The van der Waals surface area contributed by atoms with Gasteiger partial charge in [-0.1, -0.05) is 23.5 Å². The number of nitrogens with zero attached hydrogens (tertiary/aromatic N) is 5. The van der Waals surface area contributed by atoms with Crippen LogP contribution in [0.25, 0.3) is 17.1 Å². The second kappa shape index (κ2) is 8.49. The highest BCUT2D eigenvalue weighted by Crippen LogP contribution is 2.32. The van der Waals surface area contributed by atoms with Gasteiger partial charge in [0, 0.05) is 12.3 Å². The maximum absolute atomic E-state index is 13.2. The molecule has 0 aromatic carbocycles. The number of rotatable bonds is 4. The van der Waals surface area contributed by atoms with Gasteiger partial charge in [0.05, 0.1) is 11.3 Å². The van der Waals surface area contributed by atoms with Crippen molar-refractivity contribution in [3.05, 3.63) is 52.2 Å². The molecule has 0 fully saturated rings. The highest BCUT2D eigenvalue weighted by Gasteiger charge is 2.35. The van der Waals surface area contributed by atoms with Gasteiger partial charge in [-0.15, -0.1) is 0 Å². The summed E-state index contributed by atoms with van der Waals surface area (Å²) in [5.41, 5.74) is -3.99. The van der Waals surface area contributed by atoms with E-state index < -0.39 is 29.3 Å². The predicted molar refractivity (Wildman–Crippen MR) is 102 cm³/mol. The molecular formula is C17H11F6N5OS2. The fourth-order valence-corrected chi connectivity index (χ4v) is 3.20. The number of hydrogen-bond acceptors (Lipinski definition) is 7. The maximum atomic E-state index is 13.2. The molecule has 3 heterocycles. The Morgan fingerprint density at radius 3 is 1.94 bits per heavy atom. The molecule has 0 aliphatic rings. The number of thioether (sulfide) groups is 2. The van der Waals surface area contributed by atoms with E-state index >= 15 is 0 Å². The molecule has 14 heteroatoms. The van der Waals surface area contributed by atoms with E-state index in [0.717, 1.165) is 34.3 Å². The molecule has 0 saturated carbocycles. The second-order valence-electron chi connectivity index (χ2n) is 5.82. The van der Waals surface area contributed by atoms with E-state index in [-0.39, 0.29) is 27.4 Å². The van der Waals surface area contributed by atoms with E-state index in [9.17, 15) is 31.1 Å². The normalized spacial score (nSPS) is 12.3. The molecule has 0 bridgehead atoms. The minimum atomic E-state index is -4.79. The summed E-state index contributed by atoms with van der Waals surface area (Å²) in [6.45, 7) is 0. The van der Waals surface area contributed by atoms with Crippen LogP contribution in [0.5, 0.6) is 0 Å². The zero-order chi connectivity index (χ0) is 23.0. The second-order valence-corrected chi connectivity index (χ2v) is 7.36. The van der Waals surface area contributed by atoms with Gasteiger partial charge < -0.3 is 0 Å². The van der Waals surface area contributed by atoms with Crippen LogP contribution in [0.4, 0.5) is 26.3 Å². The molecule has 0 amide bonds. The van der Waals surface area contributed by atoms with Crippen LogP contribution in [0.2, 0.25) is 0 Å². The fourth-order valence-electron chi connectivity index (χ4n) is 2.44. The zero-order valence-corrected chi connectivity index (χ0v) is 17.2. The molecule has 164 valence electrons. The predicted octanol–water partition coefficient (Wildman–Crippen LogP) is 4.57. The summed E-state index contributed by atoms with van der Waals surface area (Å²) in [6, 6.07) is 3.69. The first-order valence-corrected chi connectivity index (χ1v) is 10.6. The third-order valence-corrected chi connectivity index (χ3v) is 4.91. The number of pyridine rings is 1. The topological polar surface area (TPSA) is 73.6 Å². The van der Waals surface area contributed by atoms with Crippen LogP contribution in [-0.4, -0.2) is 37.0 Å². The number of aromatic nitrogens is 5. The monoisotopic (exact) mass is 479 g/mol. The first-order valence-electron chi connectivity index (χ1n) is 8.17. The molecule has 0 unspecified atom stereocenters. The van der Waals surface area contributed by atoms with Crippen molar-refractivity contribution in [1.29, 1.82) is 0 Å². The maximum Gasteiger partial charge on any atom is 0.433 e. The zero-order valence-electron chi connectivity index (χ0n) is 15.6. The molecule has 0 aliphatic carbocycles. The van der Waals surface area contributed by atoms with Crippen LogP contribution in [0.3, 0.4) is 0 Å². The Morgan fingerprint density at radius 2 is 1.39 bits per heavy atom. The summed E-state index contributed by atoms with van der Waals surface area (Å²) in [4.78, 5) is 27.6. The van der Waals surface area contributed by atoms with E-state index in [0.29, 0.717) is 12.1 Å². The Balaban J connectivity index is 2.22. The standard InChI is InChI=1S/C17H11F6N5OS2/c1-30-14-24-9(6-10(25-14)16(18,19)20)8-4-3-5-28(13(8)29)12-7-11(17(21,22)23)26-15(27-12)31-2/h3-7H,1-2H3. The van der Waals surface area contributed by atoms with Crippen LogP contribution >= 0.6 is 23.5 Å². The summed E-state index contributed by atoms with van der Waals surface area (Å²) in [7, 11) is 0. The average molecular weight is 479 g/mol. The van der Waals surface area contributed by atoms with Crippen LogP contribution in [0, 0.1) is 0 Å². The van der Waals surface area contributed by atoms with Crippen molar-refractivity contribution < 1.29 is 26.3 Å². The quantitative estimate of drug-likeness (QED) is 0.308. The summed E-state index contributed by atoms with van der Waals surface area (Å²) in [6.07, 6.45) is -5.49. The average Bonchev–Trinajstić information content (AvgIpc) is 2.71. The molecule has 3 aromatic heterocycles. The summed E-state index contributed by atoms with van der Waals surface area (Å²) in [5.74, 6) is -0.381. The fraction of sp³-hybridized carbons (Fsp3) is 0.235. The van der Waals surface area contributed by atoms with Gasteiger partial charge in [0.25, 0.3) is 5.56 Å². The molecule has 0 spiro atoms. The molecule has 6 nitrogen and oxygen atoms in total. The lowest BCUT2D eigenvalue weighted by Gasteiger charge is -2.12. The number of halogens is 6. The molecule has 0 radical (unpaired) electrons. The molecule has 3 aromatic rings. The molecule has 0 aliphatic heterocycles. The van der Waals surface area contributed by atoms with E-state index in [1.54, 1.807) is 0 Å². The van der Waals surface area contributed by atoms with Gasteiger partial charge >= 0.3 is 12.4 Å². The Kier molecular flexibility index (Phi) is 6.32. The van der Waals surface area contributed by atoms with Crippen molar-refractivity contribution in [3.63, 3.8) is 0 Å². The first kappa shape index (κ1) is 23.1. The van der Waals surface area contributed by atoms with Crippen molar-refractivity contribution in [3.8, 4) is 17.1 Å². The largest absolute Gasteiger partial charge is 0.433 e. The van der Waals surface area contributed by atoms with E-state index in [1.807, 2.05) is 0 Å². The first-order chi connectivity index (χ1) is 14.4. The summed E-state index contributed by atoms with van der Waals surface area (Å²) < 4.78 is 79.8. The van der Waals surface area contributed by atoms with Gasteiger partial charge in [0.1, 0.15) is 11.5 Å².